The molecule has 144 valence electrons. The van der Waals surface area contributed by atoms with Gasteiger partial charge in [0, 0.05) is 31.1 Å². The Hall–Kier alpha value is -2.79. The second-order valence-electron chi connectivity index (χ2n) is 5.87. The van der Waals surface area contributed by atoms with E-state index in [0.717, 1.165) is 6.07 Å². The summed E-state index contributed by atoms with van der Waals surface area (Å²) in [6.45, 7) is 0.410. The number of ether oxygens (including phenoxy) is 2. The molecule has 2 aromatic rings. The van der Waals surface area contributed by atoms with Gasteiger partial charge in [-0.3, -0.25) is 10.1 Å². The Morgan fingerprint density at radius 2 is 2.00 bits per heavy atom. The van der Waals surface area contributed by atoms with Gasteiger partial charge in [-0.2, -0.15) is 4.31 Å². The first-order chi connectivity index (χ1) is 12.9. The van der Waals surface area contributed by atoms with Gasteiger partial charge in [0.2, 0.25) is 10.0 Å². The number of piperidine rings is 1. The van der Waals surface area contributed by atoms with Gasteiger partial charge in [-0.1, -0.05) is 6.07 Å². The first-order valence-corrected chi connectivity index (χ1v) is 9.62. The number of hydrogen-bond acceptors (Lipinski definition) is 8. The number of non-ortho nitro benzene ring substituents is 1. The number of nitrogens with zero attached hydrogens (tertiary/aromatic N) is 4. The Bertz CT molecular complexity index is 936. The van der Waals surface area contributed by atoms with Crippen LogP contribution in [0.25, 0.3) is 0 Å². The number of rotatable bonds is 6. The molecule has 0 aliphatic carbocycles. The molecule has 1 unspecified atom stereocenters. The van der Waals surface area contributed by atoms with Crippen LogP contribution in [-0.2, 0) is 10.0 Å². The van der Waals surface area contributed by atoms with Gasteiger partial charge >= 0.3 is 0 Å². The predicted octanol–water partition coefficient (Wildman–Crippen LogP) is 1.63. The van der Waals surface area contributed by atoms with Crippen molar-refractivity contribution in [3.05, 3.63) is 46.8 Å². The highest BCUT2D eigenvalue weighted by molar-refractivity contribution is 7.89. The standard InChI is InChI=1S/C16H18N4O6S/c1-25-15-16(18-8-7-17-15)26-13-5-3-9-19(11-13)27(23,24)14-6-2-4-12(10-14)20(21)22/h2,4,6-8,10,13H,3,5,9,11H2,1H3. The molecule has 10 nitrogen and oxygen atoms in total. The number of nitro groups is 1. The smallest absolute Gasteiger partial charge is 0.278 e. The molecule has 1 aromatic heterocycles. The molecule has 1 aliphatic rings. The number of sulfonamides is 1. The van der Waals surface area contributed by atoms with Crippen LogP contribution in [0.3, 0.4) is 0 Å². The lowest BCUT2D eigenvalue weighted by atomic mass is 10.1. The average molecular weight is 394 g/mol. The zero-order valence-corrected chi connectivity index (χ0v) is 15.3. The Labute approximate surface area is 156 Å². The second-order valence-corrected chi connectivity index (χ2v) is 7.81. The molecule has 2 heterocycles. The molecule has 0 amide bonds. The number of nitro benzene ring substituents is 1. The molecule has 27 heavy (non-hydrogen) atoms. The van der Waals surface area contributed by atoms with Crippen molar-refractivity contribution in [2.24, 2.45) is 0 Å². The maximum atomic E-state index is 12.9. The van der Waals surface area contributed by atoms with E-state index in [4.69, 9.17) is 9.47 Å². The van der Waals surface area contributed by atoms with Gasteiger partial charge in [0.15, 0.2) is 0 Å². The summed E-state index contributed by atoms with van der Waals surface area (Å²) < 4.78 is 37.9. The molecule has 1 saturated heterocycles. The number of methoxy groups -OCH3 is 1. The van der Waals surface area contributed by atoms with Crippen LogP contribution in [-0.4, -0.2) is 53.9 Å². The third kappa shape index (κ3) is 4.14. The molecule has 0 radical (unpaired) electrons. The molecule has 11 heteroatoms. The van der Waals surface area contributed by atoms with Gasteiger partial charge < -0.3 is 9.47 Å². The van der Waals surface area contributed by atoms with E-state index in [9.17, 15) is 18.5 Å². The number of benzene rings is 1. The minimum absolute atomic E-state index is 0.102. The van der Waals surface area contributed by atoms with Gasteiger partial charge in [0.1, 0.15) is 6.10 Å². The minimum atomic E-state index is -3.88. The quantitative estimate of drug-likeness (QED) is 0.535. The fraction of sp³-hybridized carbons (Fsp3) is 0.375. The van der Waals surface area contributed by atoms with E-state index in [-0.39, 0.29) is 28.9 Å². The SMILES string of the molecule is COc1nccnc1OC1CCCN(S(=O)(=O)c2cccc([N+](=O)[O-])c2)C1. The zero-order valence-electron chi connectivity index (χ0n) is 14.5. The minimum Gasteiger partial charge on any atom is -0.477 e. The topological polar surface area (TPSA) is 125 Å². The van der Waals surface area contributed by atoms with Crippen molar-refractivity contribution in [1.82, 2.24) is 14.3 Å². The van der Waals surface area contributed by atoms with E-state index >= 15 is 0 Å². The molecule has 3 rings (SSSR count). The number of aromatic nitrogens is 2. The van der Waals surface area contributed by atoms with E-state index in [1.165, 1.54) is 42.0 Å². The lowest BCUT2D eigenvalue weighted by Crippen LogP contribution is -2.44. The van der Waals surface area contributed by atoms with E-state index in [1.54, 1.807) is 0 Å². The fourth-order valence-corrected chi connectivity index (χ4v) is 4.37. The highest BCUT2D eigenvalue weighted by Crippen LogP contribution is 2.27. The van der Waals surface area contributed by atoms with Crippen molar-refractivity contribution in [2.75, 3.05) is 20.2 Å². The molecular weight excluding hydrogens is 376 g/mol. The molecule has 0 saturated carbocycles. The van der Waals surface area contributed by atoms with Crippen LogP contribution >= 0.6 is 0 Å². The van der Waals surface area contributed by atoms with Crippen LogP contribution in [0, 0.1) is 10.1 Å². The van der Waals surface area contributed by atoms with Crippen molar-refractivity contribution < 1.29 is 22.8 Å². The lowest BCUT2D eigenvalue weighted by Gasteiger charge is -2.31. The monoisotopic (exact) mass is 394 g/mol. The molecule has 1 atom stereocenters. The molecule has 0 spiro atoms. The van der Waals surface area contributed by atoms with Crippen molar-refractivity contribution in [3.63, 3.8) is 0 Å². The summed E-state index contributed by atoms with van der Waals surface area (Å²) in [5.74, 6) is 0.413. The van der Waals surface area contributed by atoms with E-state index in [0.29, 0.717) is 19.4 Å². The largest absolute Gasteiger partial charge is 0.477 e. The Kier molecular flexibility index (Phi) is 5.51. The molecule has 1 aromatic carbocycles. The summed E-state index contributed by atoms with van der Waals surface area (Å²) >= 11 is 0. The maximum Gasteiger partial charge on any atom is 0.278 e. The summed E-state index contributed by atoms with van der Waals surface area (Å²) in [4.78, 5) is 18.3. The molecular formula is C16H18N4O6S. The summed E-state index contributed by atoms with van der Waals surface area (Å²) in [6.07, 6.45) is 3.71. The van der Waals surface area contributed by atoms with Crippen molar-refractivity contribution in [2.45, 2.75) is 23.8 Å². The highest BCUT2D eigenvalue weighted by atomic mass is 32.2. The van der Waals surface area contributed by atoms with Crippen LogP contribution in [0.4, 0.5) is 5.69 Å². The predicted molar refractivity (Wildman–Crippen MR) is 94.1 cm³/mol. The Morgan fingerprint density at radius 3 is 2.70 bits per heavy atom. The lowest BCUT2D eigenvalue weighted by molar-refractivity contribution is -0.385. The van der Waals surface area contributed by atoms with Gasteiger partial charge in [-0.05, 0) is 18.9 Å². The third-order valence-electron chi connectivity index (χ3n) is 4.11. The van der Waals surface area contributed by atoms with Crippen LogP contribution in [0.15, 0.2) is 41.6 Å². The van der Waals surface area contributed by atoms with Crippen molar-refractivity contribution in [1.29, 1.82) is 0 Å². The first-order valence-electron chi connectivity index (χ1n) is 8.18. The van der Waals surface area contributed by atoms with Gasteiger partial charge in [0.25, 0.3) is 17.4 Å². The zero-order chi connectivity index (χ0) is 19.4. The van der Waals surface area contributed by atoms with E-state index in [2.05, 4.69) is 9.97 Å². The van der Waals surface area contributed by atoms with E-state index < -0.39 is 21.1 Å². The second kappa shape index (κ2) is 7.84. The Balaban J connectivity index is 1.79. The fourth-order valence-electron chi connectivity index (χ4n) is 2.82. The molecule has 0 bridgehead atoms. The third-order valence-corrected chi connectivity index (χ3v) is 5.97. The highest BCUT2D eigenvalue weighted by Gasteiger charge is 2.32. The van der Waals surface area contributed by atoms with Gasteiger partial charge in [0.05, 0.1) is 23.5 Å². The number of hydrogen-bond donors (Lipinski definition) is 0. The summed E-state index contributed by atoms with van der Waals surface area (Å²) in [6, 6.07) is 5.01. The normalized spacial score (nSPS) is 18.0. The van der Waals surface area contributed by atoms with Crippen molar-refractivity contribution >= 4 is 15.7 Å². The summed E-state index contributed by atoms with van der Waals surface area (Å²) in [5, 5.41) is 10.9. The van der Waals surface area contributed by atoms with Crippen LogP contribution in [0.5, 0.6) is 11.8 Å². The van der Waals surface area contributed by atoms with Crippen molar-refractivity contribution in [3.8, 4) is 11.8 Å². The summed E-state index contributed by atoms with van der Waals surface area (Å²) in [7, 11) is -2.44. The van der Waals surface area contributed by atoms with Gasteiger partial charge in [-0.15, -0.1) is 0 Å². The van der Waals surface area contributed by atoms with Gasteiger partial charge in [-0.25, -0.2) is 18.4 Å². The summed E-state index contributed by atoms with van der Waals surface area (Å²) in [5.41, 5.74) is -0.273. The molecule has 0 N–H and O–H groups in total. The van der Waals surface area contributed by atoms with E-state index in [1.807, 2.05) is 0 Å². The van der Waals surface area contributed by atoms with Crippen LogP contribution in [0.1, 0.15) is 12.8 Å². The Morgan fingerprint density at radius 1 is 1.26 bits per heavy atom. The average Bonchev–Trinajstić information content (AvgIpc) is 2.68. The first kappa shape index (κ1) is 19.0. The molecule has 1 aliphatic heterocycles. The van der Waals surface area contributed by atoms with Crippen LogP contribution < -0.4 is 9.47 Å². The van der Waals surface area contributed by atoms with Crippen LogP contribution in [0.2, 0.25) is 0 Å². The molecule has 1 fully saturated rings. The maximum absolute atomic E-state index is 12.9.